The Morgan fingerprint density at radius 3 is 2.92 bits per heavy atom. The predicted molar refractivity (Wildman–Crippen MR) is 87.7 cm³/mol. The number of rotatable bonds is 6. The smallest absolute Gasteiger partial charge is 0.247 e. The number of nitrogens with zero attached hydrogens (tertiary/aromatic N) is 4. The van der Waals surface area contributed by atoms with Crippen LogP contribution in [0, 0.1) is 0 Å². The predicted octanol–water partition coefficient (Wildman–Crippen LogP) is -0.635. The van der Waals surface area contributed by atoms with Crippen LogP contribution in [0.4, 0.5) is 5.95 Å². The van der Waals surface area contributed by atoms with Crippen molar-refractivity contribution in [2.24, 2.45) is 0 Å². The number of aliphatic hydroxyl groups excluding tert-OH is 2. The molecule has 10 nitrogen and oxygen atoms in total. The first-order valence-corrected chi connectivity index (χ1v) is 7.80. The minimum absolute atomic E-state index is 0.0280. The lowest BCUT2D eigenvalue weighted by atomic mass is 9.96. The zero-order valence-electron chi connectivity index (χ0n) is 13.7. The van der Waals surface area contributed by atoms with Gasteiger partial charge < -0.3 is 30.5 Å². The minimum Gasteiger partial charge on any atom is -0.476 e. The van der Waals surface area contributed by atoms with Gasteiger partial charge in [0.1, 0.15) is 17.8 Å². The molecule has 1 aliphatic rings. The van der Waals surface area contributed by atoms with Gasteiger partial charge in [-0.05, 0) is 13.3 Å². The van der Waals surface area contributed by atoms with E-state index < -0.39 is 30.6 Å². The van der Waals surface area contributed by atoms with Crippen LogP contribution in [0.3, 0.4) is 0 Å². The van der Waals surface area contributed by atoms with E-state index in [1.165, 1.54) is 17.8 Å². The minimum atomic E-state index is -1.66. The van der Waals surface area contributed by atoms with Crippen molar-refractivity contribution in [2.45, 2.75) is 37.4 Å². The van der Waals surface area contributed by atoms with Crippen molar-refractivity contribution in [3.63, 3.8) is 0 Å². The number of anilines is 1. The number of aromatic nitrogens is 4. The number of hydrogen-bond donors (Lipinski definition) is 4. The molecule has 3 rings (SSSR count). The quantitative estimate of drug-likeness (QED) is 0.394. The molecule has 136 valence electrons. The van der Waals surface area contributed by atoms with Crippen LogP contribution in [0.1, 0.15) is 19.6 Å². The summed E-state index contributed by atoms with van der Waals surface area (Å²) >= 11 is 0. The summed E-state index contributed by atoms with van der Waals surface area (Å²) in [5.74, 6) is 0.180. The van der Waals surface area contributed by atoms with E-state index in [4.69, 9.17) is 15.2 Å². The van der Waals surface area contributed by atoms with Crippen LogP contribution in [-0.4, -0.2) is 65.9 Å². The van der Waals surface area contributed by atoms with E-state index in [-0.39, 0.29) is 17.5 Å². The Hall–Kier alpha value is -2.27. The lowest BCUT2D eigenvalue weighted by Crippen LogP contribution is -2.44. The van der Waals surface area contributed by atoms with Crippen molar-refractivity contribution in [3.05, 3.63) is 19.0 Å². The van der Waals surface area contributed by atoms with Crippen LogP contribution in [0.15, 0.2) is 19.0 Å². The Balaban J connectivity index is 2.02. The van der Waals surface area contributed by atoms with Crippen molar-refractivity contribution in [1.29, 1.82) is 0 Å². The van der Waals surface area contributed by atoms with Gasteiger partial charge in [-0.1, -0.05) is 6.08 Å². The maximum absolute atomic E-state index is 10.6. The summed E-state index contributed by atoms with van der Waals surface area (Å²) in [6, 6.07) is 0. The molecule has 0 bridgehead atoms. The van der Waals surface area contributed by atoms with Gasteiger partial charge in [-0.3, -0.25) is 4.57 Å². The fourth-order valence-electron chi connectivity index (χ4n) is 2.81. The molecule has 2 aromatic rings. The van der Waals surface area contributed by atoms with Crippen LogP contribution in [0.25, 0.3) is 11.2 Å². The first kappa shape index (κ1) is 17.5. The van der Waals surface area contributed by atoms with Crippen LogP contribution in [-0.2, 0) is 4.74 Å². The Morgan fingerprint density at radius 2 is 2.28 bits per heavy atom. The molecule has 25 heavy (non-hydrogen) atoms. The van der Waals surface area contributed by atoms with Gasteiger partial charge in [0, 0.05) is 0 Å². The summed E-state index contributed by atoms with van der Waals surface area (Å²) in [6.07, 6.45) is 0.504. The Bertz CT molecular complexity index is 777. The van der Waals surface area contributed by atoms with E-state index >= 15 is 0 Å². The Morgan fingerprint density at radius 1 is 1.52 bits per heavy atom. The van der Waals surface area contributed by atoms with Crippen LogP contribution >= 0.6 is 0 Å². The number of hydrogen-bond acceptors (Lipinski definition) is 9. The molecule has 2 aromatic heterocycles. The lowest BCUT2D eigenvalue weighted by Gasteiger charge is -2.27. The molecule has 0 spiro atoms. The molecule has 3 heterocycles. The highest BCUT2D eigenvalue weighted by atomic mass is 16.6. The molecular formula is C15H21N5O5. The SMILES string of the molecule is C=CCCOc1nc(N)nc2c1ncn2C1OC(CO)[C@@H](O)[C@@]1(C)O. The largest absolute Gasteiger partial charge is 0.476 e. The number of aliphatic hydroxyl groups is 3. The van der Waals surface area contributed by atoms with Crippen LogP contribution < -0.4 is 10.5 Å². The van der Waals surface area contributed by atoms with Crippen molar-refractivity contribution in [3.8, 4) is 5.88 Å². The van der Waals surface area contributed by atoms with Crippen molar-refractivity contribution >= 4 is 17.1 Å². The molecule has 1 saturated heterocycles. The van der Waals surface area contributed by atoms with Gasteiger partial charge >= 0.3 is 0 Å². The highest BCUT2D eigenvalue weighted by Crippen LogP contribution is 2.39. The monoisotopic (exact) mass is 351 g/mol. The van der Waals surface area contributed by atoms with E-state index in [1.54, 1.807) is 6.08 Å². The van der Waals surface area contributed by atoms with Crippen molar-refractivity contribution in [2.75, 3.05) is 18.9 Å². The summed E-state index contributed by atoms with van der Waals surface area (Å²) in [5, 5.41) is 30.1. The molecule has 0 aromatic carbocycles. The summed E-state index contributed by atoms with van der Waals surface area (Å²) in [5.41, 5.74) is 4.72. The zero-order chi connectivity index (χ0) is 18.2. The fourth-order valence-corrected chi connectivity index (χ4v) is 2.81. The number of nitrogen functional groups attached to an aromatic ring is 1. The van der Waals surface area contributed by atoms with Crippen LogP contribution in [0.5, 0.6) is 5.88 Å². The van der Waals surface area contributed by atoms with E-state index in [9.17, 15) is 15.3 Å². The number of imidazole rings is 1. The van der Waals surface area contributed by atoms with Gasteiger partial charge in [0.05, 0.1) is 19.5 Å². The lowest BCUT2D eigenvalue weighted by molar-refractivity contribution is -0.0950. The average Bonchev–Trinajstić information content (AvgIpc) is 3.07. The molecular weight excluding hydrogens is 330 g/mol. The fraction of sp³-hybridized carbons (Fsp3) is 0.533. The maximum Gasteiger partial charge on any atom is 0.247 e. The number of ether oxygens (including phenoxy) is 2. The molecule has 0 amide bonds. The van der Waals surface area contributed by atoms with Crippen LogP contribution in [0.2, 0.25) is 0 Å². The molecule has 10 heteroatoms. The van der Waals surface area contributed by atoms with Gasteiger partial charge in [0.2, 0.25) is 11.8 Å². The van der Waals surface area contributed by atoms with Gasteiger partial charge in [-0.15, -0.1) is 6.58 Å². The molecule has 1 aliphatic heterocycles. The molecule has 1 fully saturated rings. The molecule has 5 N–H and O–H groups in total. The standard InChI is InChI=1S/C15H21N5O5/c1-3-4-5-24-12-9-11(18-14(16)19-12)20(7-17-9)13-15(2,23)10(22)8(6-21)25-13/h3,7-8,10,13,21-23H,1,4-6H2,2H3,(H2,16,18,19)/t8?,10-,13?,15-/m1/s1. The van der Waals surface area contributed by atoms with Crippen molar-refractivity contribution in [1.82, 2.24) is 19.5 Å². The summed E-state index contributed by atoms with van der Waals surface area (Å²) < 4.78 is 12.6. The molecule has 2 unspecified atom stereocenters. The van der Waals surface area contributed by atoms with E-state index in [1.807, 2.05) is 0 Å². The summed E-state index contributed by atoms with van der Waals surface area (Å²) in [7, 11) is 0. The molecule has 0 aliphatic carbocycles. The molecule has 0 saturated carbocycles. The third-order valence-corrected chi connectivity index (χ3v) is 4.15. The third kappa shape index (κ3) is 2.93. The Labute approximate surface area is 143 Å². The number of nitrogens with two attached hydrogens (primary N) is 1. The van der Waals surface area contributed by atoms with Gasteiger partial charge in [0.15, 0.2) is 17.4 Å². The van der Waals surface area contributed by atoms with Gasteiger partial charge in [-0.2, -0.15) is 9.97 Å². The normalized spacial score (nSPS) is 29.2. The van der Waals surface area contributed by atoms with Gasteiger partial charge in [-0.25, -0.2) is 4.98 Å². The van der Waals surface area contributed by atoms with Crippen molar-refractivity contribution < 1.29 is 24.8 Å². The average molecular weight is 351 g/mol. The maximum atomic E-state index is 10.6. The first-order chi connectivity index (χ1) is 11.9. The topological polar surface area (TPSA) is 149 Å². The highest BCUT2D eigenvalue weighted by Gasteiger charge is 2.53. The zero-order valence-corrected chi connectivity index (χ0v) is 13.7. The second-order valence-corrected chi connectivity index (χ2v) is 6.02. The highest BCUT2D eigenvalue weighted by molar-refractivity contribution is 5.77. The van der Waals surface area contributed by atoms with E-state index in [0.29, 0.717) is 18.5 Å². The van der Waals surface area contributed by atoms with E-state index in [0.717, 1.165) is 0 Å². The van der Waals surface area contributed by atoms with E-state index in [2.05, 4.69) is 21.5 Å². The third-order valence-electron chi connectivity index (χ3n) is 4.15. The number of fused-ring (bicyclic) bond motifs is 1. The molecule has 4 atom stereocenters. The first-order valence-electron chi connectivity index (χ1n) is 7.80. The molecule has 0 radical (unpaired) electrons. The van der Waals surface area contributed by atoms with Gasteiger partial charge in [0.25, 0.3) is 0 Å². The summed E-state index contributed by atoms with van der Waals surface area (Å²) in [4.78, 5) is 12.4. The summed E-state index contributed by atoms with van der Waals surface area (Å²) in [6.45, 7) is 4.95. The second-order valence-electron chi connectivity index (χ2n) is 6.02. The second kappa shape index (κ2) is 6.56. The Kier molecular flexibility index (Phi) is 4.60.